The summed E-state index contributed by atoms with van der Waals surface area (Å²) < 4.78 is 10.8. The van der Waals surface area contributed by atoms with Crippen LogP contribution in [0.3, 0.4) is 0 Å². The van der Waals surface area contributed by atoms with Gasteiger partial charge in [-0.05, 0) is 50.8 Å². The standard InChI is InChI=1S/C21H33NO5/c1-4-6-7-8-9-16-27-18-12-10-17(11-13-18)14-15-21(3,22-20(24)25)19(23)26-5-2/h10-13,22H,4-9,14-16H2,1-3H3,(H,24,25). The maximum Gasteiger partial charge on any atom is 0.405 e. The van der Waals surface area contributed by atoms with Crippen LogP contribution in [0, 0.1) is 0 Å². The highest BCUT2D eigenvalue weighted by Gasteiger charge is 2.36. The van der Waals surface area contributed by atoms with E-state index in [-0.39, 0.29) is 6.61 Å². The van der Waals surface area contributed by atoms with Gasteiger partial charge < -0.3 is 19.9 Å². The minimum atomic E-state index is -1.27. The lowest BCUT2D eigenvalue weighted by molar-refractivity contribution is -0.150. The average molecular weight is 379 g/mol. The normalized spacial score (nSPS) is 12.9. The van der Waals surface area contributed by atoms with Gasteiger partial charge in [0.2, 0.25) is 0 Å². The molecular formula is C21H33NO5. The Morgan fingerprint density at radius 2 is 1.74 bits per heavy atom. The second-order valence-electron chi connectivity index (χ2n) is 6.89. The Balaban J connectivity index is 2.50. The molecule has 0 heterocycles. The maximum absolute atomic E-state index is 12.1. The first-order chi connectivity index (χ1) is 12.9. The van der Waals surface area contributed by atoms with Crippen molar-refractivity contribution in [2.45, 2.75) is 71.3 Å². The summed E-state index contributed by atoms with van der Waals surface area (Å²) in [6.07, 6.45) is 5.63. The predicted molar refractivity (Wildman–Crippen MR) is 105 cm³/mol. The van der Waals surface area contributed by atoms with Gasteiger partial charge in [0, 0.05) is 0 Å². The van der Waals surface area contributed by atoms with Crippen LogP contribution in [0.15, 0.2) is 24.3 Å². The molecule has 0 bridgehead atoms. The molecule has 6 heteroatoms. The van der Waals surface area contributed by atoms with E-state index in [4.69, 9.17) is 14.6 Å². The zero-order valence-electron chi connectivity index (χ0n) is 16.8. The minimum absolute atomic E-state index is 0.209. The van der Waals surface area contributed by atoms with Gasteiger partial charge in [-0.25, -0.2) is 9.59 Å². The van der Waals surface area contributed by atoms with Crippen LogP contribution in [-0.2, 0) is 16.0 Å². The van der Waals surface area contributed by atoms with Crippen molar-refractivity contribution in [2.75, 3.05) is 13.2 Å². The second kappa shape index (κ2) is 12.2. The van der Waals surface area contributed by atoms with Crippen molar-refractivity contribution in [2.24, 2.45) is 0 Å². The number of rotatable bonds is 13. The molecule has 0 aromatic heterocycles. The third-order valence-electron chi connectivity index (χ3n) is 4.46. The van der Waals surface area contributed by atoms with E-state index in [2.05, 4.69) is 12.2 Å². The van der Waals surface area contributed by atoms with E-state index in [9.17, 15) is 9.59 Å². The summed E-state index contributed by atoms with van der Waals surface area (Å²) in [5, 5.41) is 11.3. The van der Waals surface area contributed by atoms with Crippen molar-refractivity contribution < 1.29 is 24.2 Å². The molecule has 1 unspecified atom stereocenters. The predicted octanol–water partition coefficient (Wildman–Crippen LogP) is 4.56. The summed E-state index contributed by atoms with van der Waals surface area (Å²) in [6, 6.07) is 7.71. The molecule has 6 nitrogen and oxygen atoms in total. The number of amides is 1. The summed E-state index contributed by atoms with van der Waals surface area (Å²) in [6.45, 7) is 6.37. The molecule has 0 aliphatic heterocycles. The van der Waals surface area contributed by atoms with Gasteiger partial charge in [0.15, 0.2) is 0 Å². The molecule has 0 saturated carbocycles. The van der Waals surface area contributed by atoms with Crippen molar-refractivity contribution in [3.05, 3.63) is 29.8 Å². The molecule has 1 rings (SSSR count). The molecule has 0 radical (unpaired) electrons. The van der Waals surface area contributed by atoms with E-state index >= 15 is 0 Å². The summed E-state index contributed by atoms with van der Waals surface area (Å²) in [5.41, 5.74) is -0.261. The van der Waals surface area contributed by atoms with Gasteiger partial charge in [0.25, 0.3) is 0 Å². The van der Waals surface area contributed by atoms with Gasteiger partial charge in [-0.15, -0.1) is 0 Å². The fourth-order valence-corrected chi connectivity index (χ4v) is 2.78. The molecule has 0 fully saturated rings. The molecule has 0 aliphatic rings. The Bertz CT molecular complexity index is 572. The van der Waals surface area contributed by atoms with Crippen molar-refractivity contribution >= 4 is 12.1 Å². The zero-order chi connectivity index (χ0) is 20.1. The van der Waals surface area contributed by atoms with Crippen LogP contribution in [0.4, 0.5) is 4.79 Å². The Morgan fingerprint density at radius 3 is 2.33 bits per heavy atom. The summed E-state index contributed by atoms with van der Waals surface area (Å²) >= 11 is 0. The van der Waals surface area contributed by atoms with E-state index in [0.29, 0.717) is 19.4 Å². The molecule has 0 spiro atoms. The molecule has 1 aromatic carbocycles. The Morgan fingerprint density at radius 1 is 1.07 bits per heavy atom. The van der Waals surface area contributed by atoms with Crippen molar-refractivity contribution in [3.63, 3.8) is 0 Å². The summed E-state index contributed by atoms with van der Waals surface area (Å²) in [5.74, 6) is 0.265. The number of carboxylic acid groups (broad SMARTS) is 1. The molecule has 2 N–H and O–H groups in total. The number of carbonyl (C=O) groups is 2. The van der Waals surface area contributed by atoms with Gasteiger partial charge in [-0.1, -0.05) is 44.7 Å². The van der Waals surface area contributed by atoms with Crippen LogP contribution in [0.1, 0.15) is 64.9 Å². The number of benzene rings is 1. The minimum Gasteiger partial charge on any atom is -0.494 e. The number of aryl methyl sites for hydroxylation is 1. The van der Waals surface area contributed by atoms with Crippen LogP contribution in [0.2, 0.25) is 0 Å². The maximum atomic E-state index is 12.1. The fraction of sp³-hybridized carbons (Fsp3) is 0.619. The van der Waals surface area contributed by atoms with Crippen molar-refractivity contribution in [3.8, 4) is 5.75 Å². The lowest BCUT2D eigenvalue weighted by atomic mass is 9.93. The van der Waals surface area contributed by atoms with Gasteiger partial charge in [-0.2, -0.15) is 0 Å². The number of hydrogen-bond donors (Lipinski definition) is 2. The van der Waals surface area contributed by atoms with E-state index in [1.165, 1.54) is 25.7 Å². The van der Waals surface area contributed by atoms with Crippen LogP contribution in [0.25, 0.3) is 0 Å². The first-order valence-corrected chi connectivity index (χ1v) is 9.81. The van der Waals surface area contributed by atoms with Crippen LogP contribution < -0.4 is 10.1 Å². The number of nitrogens with one attached hydrogen (secondary N) is 1. The van der Waals surface area contributed by atoms with Crippen LogP contribution >= 0.6 is 0 Å². The number of unbranched alkanes of at least 4 members (excludes halogenated alkanes) is 4. The quantitative estimate of drug-likeness (QED) is 0.388. The van der Waals surface area contributed by atoms with Crippen LogP contribution in [0.5, 0.6) is 5.75 Å². The van der Waals surface area contributed by atoms with Gasteiger partial charge >= 0.3 is 12.1 Å². The molecule has 152 valence electrons. The van der Waals surface area contributed by atoms with E-state index in [0.717, 1.165) is 17.7 Å². The number of esters is 1. The van der Waals surface area contributed by atoms with Crippen LogP contribution in [-0.4, -0.2) is 35.9 Å². The Kier molecular flexibility index (Phi) is 10.3. The molecule has 1 aromatic rings. The largest absolute Gasteiger partial charge is 0.494 e. The second-order valence-corrected chi connectivity index (χ2v) is 6.89. The number of hydrogen-bond acceptors (Lipinski definition) is 4. The van der Waals surface area contributed by atoms with Crippen molar-refractivity contribution in [1.82, 2.24) is 5.32 Å². The monoisotopic (exact) mass is 379 g/mol. The number of ether oxygens (including phenoxy) is 2. The zero-order valence-corrected chi connectivity index (χ0v) is 16.8. The third kappa shape index (κ3) is 8.80. The van der Waals surface area contributed by atoms with E-state index in [1.807, 2.05) is 24.3 Å². The topological polar surface area (TPSA) is 84.9 Å². The van der Waals surface area contributed by atoms with Gasteiger partial charge in [0.05, 0.1) is 13.2 Å². The fourth-order valence-electron chi connectivity index (χ4n) is 2.78. The Hall–Kier alpha value is -2.24. The smallest absolute Gasteiger partial charge is 0.405 e. The van der Waals surface area contributed by atoms with E-state index < -0.39 is 17.6 Å². The molecule has 27 heavy (non-hydrogen) atoms. The number of carbonyl (C=O) groups excluding carboxylic acids is 1. The molecule has 1 amide bonds. The lowest BCUT2D eigenvalue weighted by Gasteiger charge is -2.27. The lowest BCUT2D eigenvalue weighted by Crippen LogP contribution is -2.53. The molecular weight excluding hydrogens is 346 g/mol. The summed E-state index contributed by atoms with van der Waals surface area (Å²) in [7, 11) is 0. The molecule has 1 atom stereocenters. The van der Waals surface area contributed by atoms with Gasteiger partial charge in [0.1, 0.15) is 11.3 Å². The summed E-state index contributed by atoms with van der Waals surface area (Å²) in [4.78, 5) is 23.1. The highest BCUT2D eigenvalue weighted by atomic mass is 16.5. The van der Waals surface area contributed by atoms with E-state index in [1.54, 1.807) is 13.8 Å². The Labute approximate surface area is 162 Å². The highest BCUT2D eigenvalue weighted by molar-refractivity contribution is 5.84. The van der Waals surface area contributed by atoms with Gasteiger partial charge in [-0.3, -0.25) is 0 Å². The van der Waals surface area contributed by atoms with Crippen molar-refractivity contribution in [1.29, 1.82) is 0 Å². The average Bonchev–Trinajstić information content (AvgIpc) is 2.63. The SMILES string of the molecule is CCCCCCCOc1ccc(CCC(C)(NC(=O)O)C(=O)OCC)cc1. The third-order valence-corrected chi connectivity index (χ3v) is 4.46. The molecule has 0 saturated heterocycles. The first-order valence-electron chi connectivity index (χ1n) is 9.81. The highest BCUT2D eigenvalue weighted by Crippen LogP contribution is 2.19. The molecule has 0 aliphatic carbocycles. The first kappa shape index (κ1) is 22.8.